The molecule has 0 atom stereocenters. The van der Waals surface area contributed by atoms with Gasteiger partial charge in [0.15, 0.2) is 0 Å². The van der Waals surface area contributed by atoms with Crippen LogP contribution in [0.3, 0.4) is 0 Å². The second-order valence-electron chi connectivity index (χ2n) is 3.16. The zero-order valence-electron chi connectivity index (χ0n) is 7.74. The Balaban J connectivity index is 2.33. The number of carboxylic acid groups (broad SMARTS) is 1. The summed E-state index contributed by atoms with van der Waals surface area (Å²) in [4.78, 5) is 14.7. The molecule has 0 radical (unpaired) electrons. The molecule has 5 heteroatoms. The maximum atomic E-state index is 10.4. The third-order valence-corrected chi connectivity index (χ3v) is 4.12. The molecular formula is C10H8ClNO2Se. The average Bonchev–Trinajstić information content (AvgIpc) is 2.60. The Labute approximate surface area is 97.4 Å². The van der Waals surface area contributed by atoms with Crippen molar-refractivity contribution in [3.05, 3.63) is 27.8 Å². The number of carbonyl (C=O) groups is 1. The first kappa shape index (κ1) is 10.7. The number of rotatable bonds is 3. The molecule has 1 aromatic carbocycles. The number of hydrogen-bond acceptors (Lipinski definition) is 2. The van der Waals surface area contributed by atoms with E-state index in [0.29, 0.717) is 11.4 Å². The van der Waals surface area contributed by atoms with Gasteiger partial charge in [-0.25, -0.2) is 0 Å². The van der Waals surface area contributed by atoms with Crippen LogP contribution < -0.4 is 0 Å². The van der Waals surface area contributed by atoms with E-state index in [1.807, 2.05) is 17.2 Å². The Kier molecular flexibility index (Phi) is 3.10. The van der Waals surface area contributed by atoms with Gasteiger partial charge in [-0.05, 0) is 0 Å². The van der Waals surface area contributed by atoms with Crippen molar-refractivity contribution in [1.29, 1.82) is 0 Å². The molecule has 1 aromatic heterocycles. The standard InChI is InChI=1S/C10H8ClNO2Se/c11-7-4-9-8(12-5-15-9)3-6(7)1-2-10(13)14/h3-5H,1-2H2,(H,13,14). The van der Waals surface area contributed by atoms with Crippen LogP contribution in [-0.2, 0) is 11.2 Å². The van der Waals surface area contributed by atoms with E-state index in [4.69, 9.17) is 16.7 Å². The fourth-order valence-electron chi connectivity index (χ4n) is 1.36. The predicted molar refractivity (Wildman–Crippen MR) is 59.6 cm³/mol. The van der Waals surface area contributed by atoms with Gasteiger partial charge in [0, 0.05) is 0 Å². The second-order valence-corrected chi connectivity index (χ2v) is 5.42. The maximum absolute atomic E-state index is 10.4. The molecular weight excluding hydrogens is 281 g/mol. The van der Waals surface area contributed by atoms with Gasteiger partial charge in [-0.15, -0.1) is 0 Å². The number of fused-ring (bicyclic) bond motifs is 1. The fourth-order valence-corrected chi connectivity index (χ4v) is 3.22. The minimum atomic E-state index is -0.806. The summed E-state index contributed by atoms with van der Waals surface area (Å²) in [7, 11) is 0. The van der Waals surface area contributed by atoms with Gasteiger partial charge < -0.3 is 0 Å². The molecule has 0 aliphatic carbocycles. The Hall–Kier alpha value is -0.831. The van der Waals surface area contributed by atoms with Crippen molar-refractivity contribution in [3.63, 3.8) is 0 Å². The van der Waals surface area contributed by atoms with Crippen LogP contribution in [0.2, 0.25) is 5.02 Å². The minimum absolute atomic E-state index is 0.105. The number of aromatic nitrogens is 1. The van der Waals surface area contributed by atoms with Gasteiger partial charge in [0.25, 0.3) is 0 Å². The molecule has 0 bridgehead atoms. The molecule has 1 N–H and O–H groups in total. The predicted octanol–water partition coefficient (Wildman–Crippen LogP) is 1.96. The van der Waals surface area contributed by atoms with Gasteiger partial charge in [-0.2, -0.15) is 0 Å². The first-order valence-electron chi connectivity index (χ1n) is 4.40. The van der Waals surface area contributed by atoms with Crippen LogP contribution in [0.15, 0.2) is 17.2 Å². The number of aliphatic carboxylic acids is 1. The van der Waals surface area contributed by atoms with Crippen molar-refractivity contribution in [1.82, 2.24) is 4.98 Å². The molecule has 0 aliphatic rings. The molecule has 0 amide bonds. The van der Waals surface area contributed by atoms with E-state index in [0.717, 1.165) is 11.1 Å². The van der Waals surface area contributed by atoms with Crippen LogP contribution in [0.1, 0.15) is 12.0 Å². The van der Waals surface area contributed by atoms with Crippen molar-refractivity contribution >= 4 is 41.9 Å². The third-order valence-electron chi connectivity index (χ3n) is 2.11. The van der Waals surface area contributed by atoms with E-state index in [2.05, 4.69) is 4.98 Å². The van der Waals surface area contributed by atoms with Gasteiger partial charge in [-0.1, -0.05) is 0 Å². The van der Waals surface area contributed by atoms with Crippen LogP contribution in [-0.4, -0.2) is 30.6 Å². The average molecular weight is 289 g/mol. The molecule has 2 rings (SSSR count). The summed E-state index contributed by atoms with van der Waals surface area (Å²) in [6, 6.07) is 3.80. The van der Waals surface area contributed by atoms with Crippen LogP contribution in [0, 0.1) is 0 Å². The van der Waals surface area contributed by atoms with Gasteiger partial charge in [0.2, 0.25) is 0 Å². The van der Waals surface area contributed by atoms with E-state index in [1.54, 1.807) is 0 Å². The number of hydrogen-bond donors (Lipinski definition) is 1. The van der Waals surface area contributed by atoms with E-state index in [9.17, 15) is 4.79 Å². The number of nitrogens with zero attached hydrogens (tertiary/aromatic N) is 1. The number of halogens is 1. The van der Waals surface area contributed by atoms with Crippen LogP contribution >= 0.6 is 11.6 Å². The number of benzene rings is 1. The summed E-state index contributed by atoms with van der Waals surface area (Å²) in [5, 5.41) is 11.1. The summed E-state index contributed by atoms with van der Waals surface area (Å²) < 4.78 is 1.17. The van der Waals surface area contributed by atoms with E-state index in [1.165, 1.54) is 4.26 Å². The first-order chi connectivity index (χ1) is 7.16. The van der Waals surface area contributed by atoms with E-state index < -0.39 is 5.97 Å². The van der Waals surface area contributed by atoms with Crippen LogP contribution in [0.25, 0.3) is 9.78 Å². The summed E-state index contributed by atoms with van der Waals surface area (Å²) in [6.07, 6.45) is 0.567. The molecule has 0 unspecified atom stereocenters. The first-order valence-corrected chi connectivity index (χ1v) is 6.62. The van der Waals surface area contributed by atoms with E-state index >= 15 is 0 Å². The number of aryl methyl sites for hydroxylation is 1. The quantitative estimate of drug-likeness (QED) is 0.879. The van der Waals surface area contributed by atoms with E-state index in [-0.39, 0.29) is 20.9 Å². The Morgan fingerprint density at radius 1 is 1.53 bits per heavy atom. The molecule has 0 fully saturated rings. The fraction of sp³-hybridized carbons (Fsp3) is 0.200. The molecule has 0 spiro atoms. The molecule has 0 saturated heterocycles. The summed E-state index contributed by atoms with van der Waals surface area (Å²) >= 11 is 6.33. The van der Waals surface area contributed by atoms with Gasteiger partial charge in [-0.3, -0.25) is 0 Å². The summed E-state index contributed by atoms with van der Waals surface area (Å²) in [5.41, 5.74) is 1.81. The summed E-state index contributed by atoms with van der Waals surface area (Å²) in [5.74, 6) is -0.806. The third kappa shape index (κ3) is 2.40. The molecule has 1 heterocycles. The Morgan fingerprint density at radius 3 is 3.07 bits per heavy atom. The van der Waals surface area contributed by atoms with Crippen molar-refractivity contribution in [3.8, 4) is 0 Å². The van der Waals surface area contributed by atoms with Crippen LogP contribution in [0.5, 0.6) is 0 Å². The zero-order chi connectivity index (χ0) is 10.8. The van der Waals surface area contributed by atoms with Gasteiger partial charge >= 0.3 is 97.4 Å². The van der Waals surface area contributed by atoms with Gasteiger partial charge in [0.1, 0.15) is 0 Å². The van der Waals surface area contributed by atoms with Crippen molar-refractivity contribution in [2.45, 2.75) is 12.8 Å². The monoisotopic (exact) mass is 289 g/mol. The SMILES string of the molecule is O=C(O)CCc1cc2nc[se]c2cc1Cl. The van der Waals surface area contributed by atoms with Crippen LogP contribution in [0.4, 0.5) is 0 Å². The van der Waals surface area contributed by atoms with Crippen molar-refractivity contribution in [2.75, 3.05) is 0 Å². The number of carboxylic acids is 1. The van der Waals surface area contributed by atoms with Crippen molar-refractivity contribution in [2.24, 2.45) is 0 Å². The Bertz CT molecular complexity index is 509. The van der Waals surface area contributed by atoms with Crippen molar-refractivity contribution < 1.29 is 9.90 Å². The zero-order valence-corrected chi connectivity index (χ0v) is 10.2. The molecule has 78 valence electrons. The topological polar surface area (TPSA) is 50.2 Å². The molecule has 0 saturated carbocycles. The Morgan fingerprint density at radius 2 is 2.33 bits per heavy atom. The van der Waals surface area contributed by atoms with Gasteiger partial charge in [0.05, 0.1) is 0 Å². The molecule has 3 nitrogen and oxygen atoms in total. The molecule has 15 heavy (non-hydrogen) atoms. The molecule has 2 aromatic rings. The summed E-state index contributed by atoms with van der Waals surface area (Å²) in [6.45, 7) is 0. The second kappa shape index (κ2) is 4.35. The normalized spacial score (nSPS) is 10.7. The molecule has 0 aliphatic heterocycles.